The fourth-order valence-corrected chi connectivity index (χ4v) is 2.14. The number of carbonyl (C=O) groups excluding carboxylic acids is 1. The third-order valence-corrected chi connectivity index (χ3v) is 3.25. The number of Topliss-reactive ketones (excluding diaryl/α,β-unsaturated/α-hetero) is 1. The van der Waals surface area contributed by atoms with Gasteiger partial charge in [-0.05, 0) is 31.4 Å². The molecule has 0 bridgehead atoms. The van der Waals surface area contributed by atoms with E-state index >= 15 is 0 Å². The van der Waals surface area contributed by atoms with Gasteiger partial charge in [0.05, 0.1) is 0 Å². The summed E-state index contributed by atoms with van der Waals surface area (Å²) in [6.45, 7) is 3.75. The summed E-state index contributed by atoms with van der Waals surface area (Å²) in [7, 11) is 0. The maximum absolute atomic E-state index is 11.8. The third-order valence-electron chi connectivity index (χ3n) is 3.25. The molecule has 0 spiro atoms. The fraction of sp³-hybridized carbons (Fsp3) is 0.235. The van der Waals surface area contributed by atoms with Crippen molar-refractivity contribution in [2.45, 2.75) is 26.2 Å². The van der Waals surface area contributed by atoms with Crippen LogP contribution in [0.3, 0.4) is 0 Å². The Balaban J connectivity index is 2.22. The Morgan fingerprint density at radius 3 is 2.17 bits per heavy atom. The van der Waals surface area contributed by atoms with Crippen molar-refractivity contribution in [3.63, 3.8) is 0 Å². The molecular formula is C17H18O. The Bertz CT molecular complexity index is 511. The molecule has 92 valence electrons. The molecule has 0 saturated carbocycles. The molecule has 0 amide bonds. The number of ketones is 1. The Labute approximate surface area is 108 Å². The molecule has 1 heteroatoms. The second kappa shape index (κ2) is 5.63. The molecule has 2 aromatic carbocycles. The van der Waals surface area contributed by atoms with E-state index in [9.17, 15) is 4.79 Å². The van der Waals surface area contributed by atoms with Gasteiger partial charge in [0, 0.05) is 5.92 Å². The van der Waals surface area contributed by atoms with Gasteiger partial charge in [-0.2, -0.15) is 0 Å². The topological polar surface area (TPSA) is 17.1 Å². The van der Waals surface area contributed by atoms with Crippen LogP contribution in [-0.4, -0.2) is 5.78 Å². The van der Waals surface area contributed by atoms with Gasteiger partial charge in [0.2, 0.25) is 0 Å². The van der Waals surface area contributed by atoms with E-state index in [1.165, 1.54) is 11.1 Å². The van der Waals surface area contributed by atoms with Crippen LogP contribution in [0.1, 0.15) is 29.5 Å². The van der Waals surface area contributed by atoms with E-state index in [0.717, 1.165) is 12.0 Å². The van der Waals surface area contributed by atoms with Crippen molar-refractivity contribution in [1.29, 1.82) is 0 Å². The van der Waals surface area contributed by atoms with Gasteiger partial charge in [-0.15, -0.1) is 0 Å². The average molecular weight is 238 g/mol. The first kappa shape index (κ1) is 12.6. The highest BCUT2D eigenvalue weighted by molar-refractivity contribution is 5.83. The molecule has 0 unspecified atom stereocenters. The summed E-state index contributed by atoms with van der Waals surface area (Å²) in [5.41, 5.74) is 3.56. The van der Waals surface area contributed by atoms with E-state index in [4.69, 9.17) is 0 Å². The zero-order chi connectivity index (χ0) is 13.0. The molecule has 0 saturated heterocycles. The fourth-order valence-electron chi connectivity index (χ4n) is 2.14. The lowest BCUT2D eigenvalue weighted by Gasteiger charge is -2.14. The van der Waals surface area contributed by atoms with Crippen LogP contribution < -0.4 is 0 Å². The Kier molecular flexibility index (Phi) is 3.93. The highest BCUT2D eigenvalue weighted by atomic mass is 16.1. The van der Waals surface area contributed by atoms with Crippen LogP contribution in [0.25, 0.3) is 0 Å². The van der Waals surface area contributed by atoms with E-state index in [-0.39, 0.29) is 11.7 Å². The molecule has 0 N–H and O–H groups in total. The lowest BCUT2D eigenvalue weighted by molar-refractivity contribution is -0.118. The molecule has 2 rings (SSSR count). The number of rotatable bonds is 4. The summed E-state index contributed by atoms with van der Waals surface area (Å²) < 4.78 is 0. The van der Waals surface area contributed by atoms with Crippen LogP contribution in [-0.2, 0) is 11.2 Å². The largest absolute Gasteiger partial charge is 0.299 e. The third kappa shape index (κ3) is 3.07. The first-order valence-electron chi connectivity index (χ1n) is 6.28. The lowest BCUT2D eigenvalue weighted by Crippen LogP contribution is -2.11. The van der Waals surface area contributed by atoms with Crippen LogP contribution in [0.2, 0.25) is 0 Å². The smallest absolute Gasteiger partial charge is 0.137 e. The first-order chi connectivity index (χ1) is 8.66. The number of benzene rings is 2. The Morgan fingerprint density at radius 1 is 1.00 bits per heavy atom. The van der Waals surface area contributed by atoms with E-state index < -0.39 is 0 Å². The summed E-state index contributed by atoms with van der Waals surface area (Å²) in [5, 5.41) is 0. The second-order valence-electron chi connectivity index (χ2n) is 4.76. The molecule has 0 fully saturated rings. The average Bonchev–Trinajstić information content (AvgIpc) is 2.38. The van der Waals surface area contributed by atoms with Gasteiger partial charge in [0.25, 0.3) is 0 Å². The Morgan fingerprint density at radius 2 is 1.61 bits per heavy atom. The maximum atomic E-state index is 11.8. The van der Waals surface area contributed by atoms with E-state index in [1.54, 1.807) is 6.92 Å². The van der Waals surface area contributed by atoms with Gasteiger partial charge in [-0.1, -0.05) is 60.2 Å². The van der Waals surface area contributed by atoms with Crippen molar-refractivity contribution in [2.75, 3.05) is 0 Å². The quantitative estimate of drug-likeness (QED) is 0.789. The summed E-state index contributed by atoms with van der Waals surface area (Å²) in [6.07, 6.45) is 0.777. The maximum Gasteiger partial charge on any atom is 0.137 e. The monoisotopic (exact) mass is 238 g/mol. The molecule has 0 radical (unpaired) electrons. The van der Waals surface area contributed by atoms with Crippen molar-refractivity contribution in [3.8, 4) is 0 Å². The van der Waals surface area contributed by atoms with Crippen molar-refractivity contribution < 1.29 is 4.79 Å². The predicted octanol–water partition coefficient (Wildman–Crippen LogP) is 3.91. The summed E-state index contributed by atoms with van der Waals surface area (Å²) in [4.78, 5) is 11.8. The molecule has 2 aromatic rings. The molecule has 0 aliphatic rings. The molecule has 0 aliphatic heterocycles. The van der Waals surface area contributed by atoms with Gasteiger partial charge in [0.15, 0.2) is 0 Å². The SMILES string of the molecule is CC(=O)[C@H](Cc1ccc(C)cc1)c1ccccc1. The molecule has 0 aliphatic carbocycles. The highest BCUT2D eigenvalue weighted by Crippen LogP contribution is 2.22. The predicted molar refractivity (Wildman–Crippen MR) is 74.7 cm³/mol. The van der Waals surface area contributed by atoms with Gasteiger partial charge in [-0.25, -0.2) is 0 Å². The summed E-state index contributed by atoms with van der Waals surface area (Å²) in [6, 6.07) is 18.4. The van der Waals surface area contributed by atoms with E-state index in [1.807, 2.05) is 30.3 Å². The minimum atomic E-state index is -0.0334. The van der Waals surface area contributed by atoms with Crippen LogP contribution in [0.5, 0.6) is 0 Å². The molecule has 1 nitrogen and oxygen atoms in total. The Hall–Kier alpha value is -1.89. The minimum Gasteiger partial charge on any atom is -0.299 e. The highest BCUT2D eigenvalue weighted by Gasteiger charge is 2.16. The van der Waals surface area contributed by atoms with Crippen LogP contribution in [0.4, 0.5) is 0 Å². The van der Waals surface area contributed by atoms with E-state index in [2.05, 4.69) is 31.2 Å². The normalized spacial score (nSPS) is 12.1. The van der Waals surface area contributed by atoms with Gasteiger partial charge < -0.3 is 0 Å². The molecule has 1 atom stereocenters. The van der Waals surface area contributed by atoms with Gasteiger partial charge in [-0.3, -0.25) is 4.79 Å². The van der Waals surface area contributed by atoms with Crippen molar-refractivity contribution in [1.82, 2.24) is 0 Å². The summed E-state index contributed by atoms with van der Waals surface area (Å²) >= 11 is 0. The van der Waals surface area contributed by atoms with Crippen molar-refractivity contribution in [3.05, 3.63) is 71.3 Å². The van der Waals surface area contributed by atoms with Crippen molar-refractivity contribution >= 4 is 5.78 Å². The molecular weight excluding hydrogens is 220 g/mol. The standard InChI is InChI=1S/C17H18O/c1-13-8-10-15(11-9-13)12-17(14(2)18)16-6-4-3-5-7-16/h3-11,17H,12H2,1-2H3/t17-/m0/s1. The number of hydrogen-bond donors (Lipinski definition) is 0. The van der Waals surface area contributed by atoms with Crippen LogP contribution >= 0.6 is 0 Å². The minimum absolute atomic E-state index is 0.0334. The second-order valence-corrected chi connectivity index (χ2v) is 4.76. The number of aryl methyl sites for hydroxylation is 1. The number of carbonyl (C=O) groups is 1. The first-order valence-corrected chi connectivity index (χ1v) is 6.28. The number of hydrogen-bond acceptors (Lipinski definition) is 1. The zero-order valence-electron chi connectivity index (χ0n) is 10.9. The molecule has 0 aromatic heterocycles. The van der Waals surface area contributed by atoms with Crippen molar-refractivity contribution in [2.24, 2.45) is 0 Å². The summed E-state index contributed by atoms with van der Waals surface area (Å²) in [5.74, 6) is 0.190. The van der Waals surface area contributed by atoms with Crippen LogP contribution in [0, 0.1) is 6.92 Å². The van der Waals surface area contributed by atoms with Crippen LogP contribution in [0.15, 0.2) is 54.6 Å². The van der Waals surface area contributed by atoms with Gasteiger partial charge >= 0.3 is 0 Å². The van der Waals surface area contributed by atoms with E-state index in [0.29, 0.717) is 0 Å². The zero-order valence-corrected chi connectivity index (χ0v) is 10.9. The lowest BCUT2D eigenvalue weighted by atomic mass is 9.89. The molecule has 18 heavy (non-hydrogen) atoms. The molecule has 0 heterocycles. The van der Waals surface area contributed by atoms with Gasteiger partial charge in [0.1, 0.15) is 5.78 Å².